The first-order chi connectivity index (χ1) is 13.9. The maximum Gasteiger partial charge on any atom is 0.426 e. The normalized spacial score (nSPS) is 20.7. The summed E-state index contributed by atoms with van der Waals surface area (Å²) < 4.78 is 43.5. The molecule has 0 aliphatic heterocycles. The molecule has 0 aromatic heterocycles. The van der Waals surface area contributed by atoms with Gasteiger partial charge in [-0.3, -0.25) is 4.79 Å². The van der Waals surface area contributed by atoms with Crippen LogP contribution in [-0.2, 0) is 16.1 Å². The van der Waals surface area contributed by atoms with Crippen molar-refractivity contribution < 1.29 is 22.7 Å². The molecule has 160 valence electrons. The van der Waals surface area contributed by atoms with Gasteiger partial charge in [0.2, 0.25) is 0 Å². The fraction of sp³-hybridized carbons (Fsp3) is 0.318. The van der Waals surface area contributed by atoms with Crippen molar-refractivity contribution in [3.8, 4) is 11.1 Å². The minimum absolute atomic E-state index is 0.187. The molecule has 0 N–H and O–H groups in total. The second-order valence-electron chi connectivity index (χ2n) is 7.70. The van der Waals surface area contributed by atoms with Gasteiger partial charge in [-0.05, 0) is 23.0 Å². The minimum Gasteiger partial charge on any atom is -0.460 e. The molecule has 2 nitrogen and oxygen atoms in total. The summed E-state index contributed by atoms with van der Waals surface area (Å²) >= 11 is 18.1. The van der Waals surface area contributed by atoms with E-state index in [-0.39, 0.29) is 6.61 Å². The molecule has 30 heavy (non-hydrogen) atoms. The van der Waals surface area contributed by atoms with Crippen LogP contribution in [0.5, 0.6) is 0 Å². The van der Waals surface area contributed by atoms with E-state index in [1.165, 1.54) is 0 Å². The zero-order chi connectivity index (χ0) is 22.3. The van der Waals surface area contributed by atoms with Crippen molar-refractivity contribution >= 4 is 40.8 Å². The van der Waals surface area contributed by atoms with Crippen LogP contribution in [0.1, 0.15) is 19.4 Å². The zero-order valence-corrected chi connectivity index (χ0v) is 18.3. The highest BCUT2D eigenvalue weighted by molar-refractivity contribution is 6.37. The number of esters is 1. The molecule has 2 aromatic carbocycles. The Morgan fingerprint density at radius 3 is 2.37 bits per heavy atom. The molecule has 3 rings (SSSR count). The second-order valence-corrected chi connectivity index (χ2v) is 8.89. The number of hydrogen-bond donors (Lipinski definition) is 0. The van der Waals surface area contributed by atoms with Gasteiger partial charge in [0.1, 0.15) is 11.6 Å². The molecule has 1 fully saturated rings. The molecular formula is C22H18Cl3F3O2. The van der Waals surface area contributed by atoms with Crippen LogP contribution in [0.4, 0.5) is 13.2 Å². The van der Waals surface area contributed by atoms with Gasteiger partial charge in [-0.2, -0.15) is 13.2 Å². The van der Waals surface area contributed by atoms with Gasteiger partial charge in [0, 0.05) is 16.1 Å². The summed E-state index contributed by atoms with van der Waals surface area (Å²) in [4.78, 5) is 12.6. The highest BCUT2D eigenvalue weighted by atomic mass is 35.5. The molecule has 0 unspecified atom stereocenters. The third-order valence-electron chi connectivity index (χ3n) is 5.39. The van der Waals surface area contributed by atoms with Crippen LogP contribution < -0.4 is 0 Å². The summed E-state index contributed by atoms with van der Waals surface area (Å²) in [6.07, 6.45) is -3.77. The van der Waals surface area contributed by atoms with Crippen molar-refractivity contribution in [2.24, 2.45) is 17.3 Å². The Balaban J connectivity index is 1.76. The topological polar surface area (TPSA) is 26.3 Å². The van der Waals surface area contributed by atoms with Crippen LogP contribution in [-0.4, -0.2) is 12.1 Å². The fourth-order valence-corrected chi connectivity index (χ4v) is 4.22. The van der Waals surface area contributed by atoms with E-state index in [9.17, 15) is 18.0 Å². The molecule has 0 amide bonds. The Kier molecular flexibility index (Phi) is 6.47. The van der Waals surface area contributed by atoms with E-state index < -0.39 is 34.4 Å². The van der Waals surface area contributed by atoms with Crippen LogP contribution in [0.25, 0.3) is 11.1 Å². The van der Waals surface area contributed by atoms with Gasteiger partial charge in [0.15, 0.2) is 0 Å². The third-order valence-corrected chi connectivity index (χ3v) is 6.52. The van der Waals surface area contributed by atoms with Crippen molar-refractivity contribution in [2.45, 2.75) is 26.6 Å². The van der Waals surface area contributed by atoms with Crippen molar-refractivity contribution in [1.82, 2.24) is 0 Å². The first-order valence-corrected chi connectivity index (χ1v) is 10.2. The number of allylic oxidation sites excluding steroid dienone is 2. The number of ether oxygens (including phenoxy) is 1. The van der Waals surface area contributed by atoms with Gasteiger partial charge in [-0.1, -0.05) is 91.1 Å². The van der Waals surface area contributed by atoms with Crippen LogP contribution in [0.15, 0.2) is 53.6 Å². The van der Waals surface area contributed by atoms with Gasteiger partial charge in [-0.15, -0.1) is 0 Å². The summed E-state index contributed by atoms with van der Waals surface area (Å²) in [5.41, 5.74) is 1.35. The van der Waals surface area contributed by atoms with Gasteiger partial charge in [-0.25, -0.2) is 0 Å². The Morgan fingerprint density at radius 2 is 1.77 bits per heavy atom. The lowest BCUT2D eigenvalue weighted by molar-refractivity contribution is -0.147. The van der Waals surface area contributed by atoms with Crippen LogP contribution in [0.3, 0.4) is 0 Å². The maximum absolute atomic E-state index is 12.7. The van der Waals surface area contributed by atoms with E-state index in [0.29, 0.717) is 15.6 Å². The Labute approximate surface area is 187 Å². The zero-order valence-electron chi connectivity index (χ0n) is 16.1. The molecule has 1 saturated carbocycles. The molecule has 2 aromatic rings. The fourth-order valence-electron chi connectivity index (χ4n) is 3.49. The molecule has 0 heterocycles. The molecule has 8 heteroatoms. The number of carbonyl (C=O) groups excluding carboxylic acids is 1. The number of hydrogen-bond acceptors (Lipinski definition) is 2. The van der Waals surface area contributed by atoms with Crippen molar-refractivity contribution in [3.63, 3.8) is 0 Å². The molecule has 0 radical (unpaired) electrons. The molecular weight excluding hydrogens is 460 g/mol. The largest absolute Gasteiger partial charge is 0.460 e. The first-order valence-electron chi connectivity index (χ1n) is 9.08. The molecule has 1 aliphatic rings. The standard InChI is InChI=1S/C22H18Cl3F3O2/c1-21(2)15(10-17(24)22(26,27)28)18(21)20(29)30-11-14-16(23)9-8-13(19(14)25)12-6-4-3-5-7-12/h3-10,15,18H,11H2,1-2H3/t15-,18-/m0/s1. The Bertz CT molecular complexity index is 985. The van der Waals surface area contributed by atoms with E-state index in [0.717, 1.165) is 17.2 Å². The number of carbonyl (C=O) groups is 1. The first kappa shape index (κ1) is 23.0. The van der Waals surface area contributed by atoms with E-state index in [1.807, 2.05) is 30.3 Å². The summed E-state index contributed by atoms with van der Waals surface area (Å²) in [5.74, 6) is -2.02. The van der Waals surface area contributed by atoms with Crippen LogP contribution in [0, 0.1) is 17.3 Å². The van der Waals surface area contributed by atoms with Crippen LogP contribution >= 0.6 is 34.8 Å². The van der Waals surface area contributed by atoms with E-state index in [2.05, 4.69) is 0 Å². The number of rotatable bonds is 5. The number of halogens is 6. The van der Waals surface area contributed by atoms with Crippen molar-refractivity contribution in [3.05, 3.63) is 69.2 Å². The SMILES string of the molecule is CC1(C)[C@H](C(=O)OCc2c(Cl)ccc(-c3ccccc3)c2Cl)[C@@H]1C=C(Cl)C(F)(F)F. The van der Waals surface area contributed by atoms with E-state index in [1.54, 1.807) is 26.0 Å². The molecule has 0 saturated heterocycles. The predicted octanol–water partition coefficient (Wildman–Crippen LogP) is 7.66. The highest BCUT2D eigenvalue weighted by Crippen LogP contribution is 2.60. The molecule has 1 aliphatic carbocycles. The summed E-state index contributed by atoms with van der Waals surface area (Å²) in [6.45, 7) is 3.19. The highest BCUT2D eigenvalue weighted by Gasteiger charge is 2.62. The van der Waals surface area contributed by atoms with Crippen molar-refractivity contribution in [2.75, 3.05) is 0 Å². The monoisotopic (exact) mass is 476 g/mol. The molecule has 0 bridgehead atoms. The van der Waals surface area contributed by atoms with Gasteiger partial charge in [0.25, 0.3) is 0 Å². The molecule has 2 atom stereocenters. The smallest absolute Gasteiger partial charge is 0.426 e. The maximum atomic E-state index is 12.7. The van der Waals surface area contributed by atoms with Crippen LogP contribution in [0.2, 0.25) is 10.0 Å². The predicted molar refractivity (Wildman–Crippen MR) is 112 cm³/mol. The second kappa shape index (κ2) is 8.45. The van der Waals surface area contributed by atoms with Gasteiger partial charge >= 0.3 is 12.1 Å². The Morgan fingerprint density at radius 1 is 1.13 bits per heavy atom. The van der Waals surface area contributed by atoms with E-state index in [4.69, 9.17) is 39.5 Å². The molecule has 0 spiro atoms. The van der Waals surface area contributed by atoms with Gasteiger partial charge in [0.05, 0.1) is 10.9 Å². The summed E-state index contributed by atoms with van der Waals surface area (Å²) in [5, 5.41) is -0.551. The summed E-state index contributed by atoms with van der Waals surface area (Å²) in [7, 11) is 0. The lowest BCUT2D eigenvalue weighted by Gasteiger charge is -2.13. The quantitative estimate of drug-likeness (QED) is 0.413. The third kappa shape index (κ3) is 4.63. The lowest BCUT2D eigenvalue weighted by atomic mass is 10.0. The Hall–Kier alpha value is -1.69. The van der Waals surface area contributed by atoms with Gasteiger partial charge < -0.3 is 4.74 Å². The lowest BCUT2D eigenvalue weighted by Crippen LogP contribution is -2.11. The summed E-state index contributed by atoms with van der Waals surface area (Å²) in [6, 6.07) is 12.8. The number of alkyl halides is 3. The minimum atomic E-state index is -4.65. The van der Waals surface area contributed by atoms with E-state index >= 15 is 0 Å². The number of benzene rings is 2. The average Bonchev–Trinajstić information content (AvgIpc) is 3.21. The van der Waals surface area contributed by atoms with Crippen molar-refractivity contribution in [1.29, 1.82) is 0 Å². The average molecular weight is 478 g/mol.